The Morgan fingerprint density at radius 1 is 0.774 bits per heavy atom. The molecule has 2 nitrogen and oxygen atoms in total. The van der Waals surface area contributed by atoms with Crippen molar-refractivity contribution in [1.82, 2.24) is 0 Å². The maximum atomic E-state index is 5.91. The summed E-state index contributed by atoms with van der Waals surface area (Å²) >= 11 is 0. The Morgan fingerprint density at radius 2 is 1.48 bits per heavy atom. The van der Waals surface area contributed by atoms with E-state index in [1.807, 2.05) is 14.2 Å². The predicted molar refractivity (Wildman–Crippen MR) is 130 cm³/mol. The minimum atomic E-state index is -0.315. The first-order valence-electron chi connectivity index (χ1n) is 13.8. The largest absolute Gasteiger partial charge is 0.353 e. The van der Waals surface area contributed by atoms with Gasteiger partial charge in [-0.15, -0.1) is 0 Å². The third-order valence-corrected chi connectivity index (χ3v) is 11.6. The molecule has 0 heterocycles. The van der Waals surface area contributed by atoms with Crippen LogP contribution >= 0.6 is 0 Å². The fourth-order valence-electron chi connectivity index (χ4n) is 9.68. The summed E-state index contributed by atoms with van der Waals surface area (Å²) in [6.07, 6.45) is 16.6. The lowest BCUT2D eigenvalue weighted by molar-refractivity contribution is -0.261. The maximum Gasteiger partial charge on any atom is 0.167 e. The van der Waals surface area contributed by atoms with Crippen molar-refractivity contribution in [2.24, 2.45) is 52.3 Å². The number of methoxy groups -OCH3 is 2. The molecule has 0 aromatic rings. The van der Waals surface area contributed by atoms with Crippen LogP contribution in [0.2, 0.25) is 0 Å². The topological polar surface area (TPSA) is 18.5 Å². The van der Waals surface area contributed by atoms with Gasteiger partial charge in [-0.3, -0.25) is 0 Å². The molecule has 0 aromatic heterocycles. The SMILES string of the molecule is COC1(OC)CC[C@@]2(C)[C@@H](CC[C@H]3[C@H]2CC[C@]2(C)[C@@H]3CC[C@H]2[C@H](C)CCCC(C)C)C1. The Hall–Kier alpha value is -0.0800. The quantitative estimate of drug-likeness (QED) is 0.378. The average Bonchev–Trinajstić information content (AvgIpc) is 3.10. The molecule has 0 unspecified atom stereocenters. The molecule has 4 saturated carbocycles. The third-order valence-electron chi connectivity index (χ3n) is 11.6. The van der Waals surface area contributed by atoms with Crippen LogP contribution in [0.4, 0.5) is 0 Å². The van der Waals surface area contributed by atoms with Gasteiger partial charge in [0.1, 0.15) is 0 Å². The zero-order valence-electron chi connectivity index (χ0n) is 21.8. The summed E-state index contributed by atoms with van der Waals surface area (Å²) in [7, 11) is 3.70. The van der Waals surface area contributed by atoms with Crippen LogP contribution in [0.15, 0.2) is 0 Å². The van der Waals surface area contributed by atoms with E-state index in [1.165, 1.54) is 64.2 Å². The highest BCUT2D eigenvalue weighted by atomic mass is 16.7. The third kappa shape index (κ3) is 4.05. The molecule has 4 aliphatic rings. The van der Waals surface area contributed by atoms with Crippen molar-refractivity contribution in [3.63, 3.8) is 0 Å². The molecule has 2 heteroatoms. The summed E-state index contributed by atoms with van der Waals surface area (Å²) < 4.78 is 11.8. The molecule has 8 atom stereocenters. The molecule has 31 heavy (non-hydrogen) atoms. The molecule has 0 aromatic carbocycles. The van der Waals surface area contributed by atoms with Crippen molar-refractivity contribution in [2.75, 3.05) is 14.2 Å². The van der Waals surface area contributed by atoms with Crippen LogP contribution in [-0.4, -0.2) is 20.0 Å². The van der Waals surface area contributed by atoms with Crippen LogP contribution in [0.25, 0.3) is 0 Å². The van der Waals surface area contributed by atoms with Crippen LogP contribution in [0, 0.1) is 52.3 Å². The first-order chi connectivity index (χ1) is 14.7. The lowest BCUT2D eigenvalue weighted by Gasteiger charge is -2.62. The van der Waals surface area contributed by atoms with E-state index in [0.717, 1.165) is 54.3 Å². The van der Waals surface area contributed by atoms with E-state index < -0.39 is 0 Å². The Bertz CT molecular complexity index is 610. The zero-order chi connectivity index (χ0) is 22.4. The van der Waals surface area contributed by atoms with Gasteiger partial charge in [-0.2, -0.15) is 0 Å². The van der Waals surface area contributed by atoms with Gasteiger partial charge >= 0.3 is 0 Å². The number of ether oxygens (including phenoxy) is 2. The first kappa shape index (κ1) is 24.1. The monoisotopic (exact) mass is 432 g/mol. The fraction of sp³-hybridized carbons (Fsp3) is 1.00. The summed E-state index contributed by atoms with van der Waals surface area (Å²) in [5, 5.41) is 0. The fourth-order valence-corrected chi connectivity index (χ4v) is 9.68. The molecule has 0 spiro atoms. The van der Waals surface area contributed by atoms with E-state index in [-0.39, 0.29) is 5.79 Å². The molecule has 4 rings (SSSR count). The van der Waals surface area contributed by atoms with Crippen molar-refractivity contribution in [1.29, 1.82) is 0 Å². The second-order valence-electron chi connectivity index (χ2n) is 13.2. The summed E-state index contributed by atoms with van der Waals surface area (Å²) in [4.78, 5) is 0. The second kappa shape index (κ2) is 8.94. The highest BCUT2D eigenvalue weighted by Gasteiger charge is 2.61. The summed E-state index contributed by atoms with van der Waals surface area (Å²) in [5.74, 6) is 6.10. The normalized spacial score (nSPS) is 45.1. The van der Waals surface area contributed by atoms with Gasteiger partial charge in [0.05, 0.1) is 0 Å². The Kier molecular flexibility index (Phi) is 6.93. The standard InChI is InChI=1S/C29H52O2/c1-20(2)9-8-10-21(3)24-13-14-25-23-12-11-22-19-29(30-6,31-7)18-17-27(22,4)26(23)15-16-28(24,25)5/h20-26H,8-19H2,1-7H3/t21-,22+,23-,24+,25-,26-,27+,28+/m1/s1. The lowest BCUT2D eigenvalue weighted by Crippen LogP contribution is -2.56. The highest BCUT2D eigenvalue weighted by Crippen LogP contribution is 2.69. The summed E-state index contributed by atoms with van der Waals surface area (Å²) in [6, 6.07) is 0. The van der Waals surface area contributed by atoms with Gasteiger partial charge in [0.15, 0.2) is 5.79 Å². The second-order valence-corrected chi connectivity index (χ2v) is 13.2. The average molecular weight is 433 g/mol. The molecule has 4 fully saturated rings. The van der Waals surface area contributed by atoms with E-state index in [4.69, 9.17) is 9.47 Å². The Morgan fingerprint density at radius 3 is 2.16 bits per heavy atom. The zero-order valence-corrected chi connectivity index (χ0v) is 21.8. The van der Waals surface area contributed by atoms with Gasteiger partial charge in [0.25, 0.3) is 0 Å². The van der Waals surface area contributed by atoms with E-state index >= 15 is 0 Å². The first-order valence-corrected chi connectivity index (χ1v) is 13.8. The van der Waals surface area contributed by atoms with E-state index in [1.54, 1.807) is 0 Å². The highest BCUT2D eigenvalue weighted by molar-refractivity contribution is 5.10. The number of rotatable bonds is 7. The molecule has 0 radical (unpaired) electrons. The number of fused-ring (bicyclic) bond motifs is 5. The van der Waals surface area contributed by atoms with Crippen molar-refractivity contribution in [3.05, 3.63) is 0 Å². The maximum absolute atomic E-state index is 5.91. The Labute approximate surface area is 193 Å². The smallest absolute Gasteiger partial charge is 0.167 e. The Balaban J connectivity index is 1.46. The predicted octanol–water partition coefficient (Wildman–Crippen LogP) is 8.10. The van der Waals surface area contributed by atoms with Gasteiger partial charge in [0, 0.05) is 27.1 Å². The molecular weight excluding hydrogens is 380 g/mol. The van der Waals surface area contributed by atoms with Gasteiger partial charge in [-0.1, -0.05) is 53.9 Å². The van der Waals surface area contributed by atoms with Crippen molar-refractivity contribution >= 4 is 0 Å². The lowest BCUT2D eigenvalue weighted by atomic mass is 9.44. The molecule has 0 aliphatic heterocycles. The molecule has 4 aliphatic carbocycles. The van der Waals surface area contributed by atoms with Crippen LogP contribution in [-0.2, 0) is 9.47 Å². The summed E-state index contributed by atoms with van der Waals surface area (Å²) in [6.45, 7) is 12.7. The van der Waals surface area contributed by atoms with Gasteiger partial charge in [0.2, 0.25) is 0 Å². The van der Waals surface area contributed by atoms with Crippen molar-refractivity contribution in [3.8, 4) is 0 Å². The molecule has 0 N–H and O–H groups in total. The van der Waals surface area contributed by atoms with Crippen LogP contribution in [0.3, 0.4) is 0 Å². The minimum absolute atomic E-state index is 0.315. The van der Waals surface area contributed by atoms with Gasteiger partial charge in [-0.25, -0.2) is 0 Å². The van der Waals surface area contributed by atoms with Crippen LogP contribution in [0.5, 0.6) is 0 Å². The number of hydrogen-bond acceptors (Lipinski definition) is 2. The van der Waals surface area contributed by atoms with Gasteiger partial charge in [-0.05, 0) is 97.2 Å². The van der Waals surface area contributed by atoms with Crippen LogP contribution < -0.4 is 0 Å². The molecule has 0 saturated heterocycles. The molecule has 0 amide bonds. The van der Waals surface area contributed by atoms with Gasteiger partial charge < -0.3 is 9.47 Å². The molecule has 0 bridgehead atoms. The van der Waals surface area contributed by atoms with E-state index in [2.05, 4.69) is 34.6 Å². The van der Waals surface area contributed by atoms with Crippen LogP contribution in [0.1, 0.15) is 112 Å². The number of hydrogen-bond donors (Lipinski definition) is 0. The summed E-state index contributed by atoms with van der Waals surface area (Å²) in [5.41, 5.74) is 1.12. The van der Waals surface area contributed by atoms with E-state index in [9.17, 15) is 0 Å². The molecule has 180 valence electrons. The van der Waals surface area contributed by atoms with Crippen molar-refractivity contribution in [2.45, 2.75) is 117 Å². The minimum Gasteiger partial charge on any atom is -0.353 e. The molecular formula is C29H52O2. The van der Waals surface area contributed by atoms with E-state index in [0.29, 0.717) is 10.8 Å². The van der Waals surface area contributed by atoms with Crippen molar-refractivity contribution < 1.29 is 9.47 Å².